The summed E-state index contributed by atoms with van der Waals surface area (Å²) in [5, 5.41) is 0. The maximum atomic E-state index is 13.7. The molecule has 0 spiro atoms. The van der Waals surface area contributed by atoms with E-state index >= 15 is 0 Å². The van der Waals surface area contributed by atoms with Crippen LogP contribution in [0, 0.1) is 11.6 Å². The SMILES string of the molecule is CN(CCc1ccccc1)C(=O)c1cc(N)c(F)cc1F. The number of hydrogen-bond donors (Lipinski definition) is 1. The molecule has 0 fully saturated rings. The van der Waals surface area contributed by atoms with Gasteiger partial charge in [0.25, 0.3) is 5.91 Å². The van der Waals surface area contributed by atoms with Gasteiger partial charge in [0.15, 0.2) is 0 Å². The number of nitrogen functional groups attached to an aromatic ring is 1. The molecule has 0 saturated carbocycles. The number of benzene rings is 2. The van der Waals surface area contributed by atoms with Crippen LogP contribution in [-0.2, 0) is 6.42 Å². The minimum atomic E-state index is -0.904. The molecule has 21 heavy (non-hydrogen) atoms. The molecule has 0 aliphatic heterocycles. The quantitative estimate of drug-likeness (QED) is 0.880. The second-order valence-electron chi connectivity index (χ2n) is 4.82. The fourth-order valence-electron chi connectivity index (χ4n) is 1.98. The van der Waals surface area contributed by atoms with Crippen LogP contribution in [0.3, 0.4) is 0 Å². The normalized spacial score (nSPS) is 10.4. The Labute approximate surface area is 122 Å². The zero-order chi connectivity index (χ0) is 15.4. The summed E-state index contributed by atoms with van der Waals surface area (Å²) < 4.78 is 26.8. The second-order valence-corrected chi connectivity index (χ2v) is 4.82. The largest absolute Gasteiger partial charge is 0.396 e. The molecule has 0 bridgehead atoms. The van der Waals surface area contributed by atoms with Gasteiger partial charge >= 0.3 is 0 Å². The first kappa shape index (κ1) is 15.0. The number of halogens is 2. The molecule has 0 atom stereocenters. The number of carbonyl (C=O) groups excluding carboxylic acids is 1. The Morgan fingerprint density at radius 1 is 1.14 bits per heavy atom. The molecule has 2 aromatic rings. The van der Waals surface area contributed by atoms with Crippen molar-refractivity contribution in [1.82, 2.24) is 4.90 Å². The van der Waals surface area contributed by atoms with E-state index < -0.39 is 17.5 Å². The Hall–Kier alpha value is -2.43. The van der Waals surface area contributed by atoms with Gasteiger partial charge in [0.2, 0.25) is 0 Å². The van der Waals surface area contributed by atoms with Crippen LogP contribution < -0.4 is 5.73 Å². The summed E-state index contributed by atoms with van der Waals surface area (Å²) in [6.45, 7) is 0.430. The highest BCUT2D eigenvalue weighted by molar-refractivity contribution is 5.95. The third-order valence-corrected chi connectivity index (χ3v) is 3.24. The Morgan fingerprint density at radius 3 is 2.48 bits per heavy atom. The number of anilines is 1. The molecule has 110 valence electrons. The van der Waals surface area contributed by atoms with Crippen molar-refractivity contribution in [2.45, 2.75) is 6.42 Å². The van der Waals surface area contributed by atoms with Crippen molar-refractivity contribution in [1.29, 1.82) is 0 Å². The first-order chi connectivity index (χ1) is 9.99. The van der Waals surface area contributed by atoms with Gasteiger partial charge in [0, 0.05) is 19.7 Å². The van der Waals surface area contributed by atoms with Gasteiger partial charge in [-0.2, -0.15) is 0 Å². The lowest BCUT2D eigenvalue weighted by Crippen LogP contribution is -2.29. The summed E-state index contributed by atoms with van der Waals surface area (Å²) in [4.78, 5) is 13.5. The van der Waals surface area contributed by atoms with Crippen LogP contribution in [-0.4, -0.2) is 24.4 Å². The summed E-state index contributed by atoms with van der Waals surface area (Å²) in [5.41, 5.74) is 6.00. The van der Waals surface area contributed by atoms with Crippen molar-refractivity contribution in [2.75, 3.05) is 19.3 Å². The molecule has 0 aliphatic carbocycles. The summed E-state index contributed by atoms with van der Waals surface area (Å²) in [5.74, 6) is -2.29. The number of nitrogens with two attached hydrogens (primary N) is 1. The molecule has 2 aromatic carbocycles. The summed E-state index contributed by atoms with van der Waals surface area (Å²) >= 11 is 0. The van der Waals surface area contributed by atoms with E-state index in [1.54, 1.807) is 7.05 Å². The van der Waals surface area contributed by atoms with Crippen molar-refractivity contribution in [2.24, 2.45) is 0 Å². The molecule has 0 saturated heterocycles. The average molecular weight is 290 g/mol. The fraction of sp³-hybridized carbons (Fsp3) is 0.188. The molecule has 0 radical (unpaired) electrons. The smallest absolute Gasteiger partial charge is 0.256 e. The fourth-order valence-corrected chi connectivity index (χ4v) is 1.98. The molecule has 0 aromatic heterocycles. The Bertz CT molecular complexity index is 644. The van der Waals surface area contributed by atoms with Crippen LogP contribution in [0.1, 0.15) is 15.9 Å². The maximum Gasteiger partial charge on any atom is 0.256 e. The van der Waals surface area contributed by atoms with Crippen LogP contribution in [0.2, 0.25) is 0 Å². The highest BCUT2D eigenvalue weighted by Gasteiger charge is 2.18. The van der Waals surface area contributed by atoms with E-state index in [1.807, 2.05) is 30.3 Å². The van der Waals surface area contributed by atoms with E-state index in [0.717, 1.165) is 11.6 Å². The van der Waals surface area contributed by atoms with Crippen LogP contribution in [0.25, 0.3) is 0 Å². The number of hydrogen-bond acceptors (Lipinski definition) is 2. The molecule has 5 heteroatoms. The van der Waals surface area contributed by atoms with Crippen molar-refractivity contribution in [3.8, 4) is 0 Å². The summed E-state index contributed by atoms with van der Waals surface area (Å²) in [7, 11) is 1.57. The number of nitrogens with zero attached hydrogens (tertiary/aromatic N) is 1. The van der Waals surface area contributed by atoms with E-state index in [1.165, 1.54) is 4.90 Å². The van der Waals surface area contributed by atoms with Gasteiger partial charge < -0.3 is 10.6 Å². The lowest BCUT2D eigenvalue weighted by molar-refractivity contribution is 0.0792. The predicted molar refractivity (Wildman–Crippen MR) is 77.9 cm³/mol. The molecule has 1 amide bonds. The predicted octanol–water partition coefficient (Wildman–Crippen LogP) is 2.86. The van der Waals surface area contributed by atoms with Crippen LogP contribution in [0.4, 0.5) is 14.5 Å². The van der Waals surface area contributed by atoms with Gasteiger partial charge in [0.05, 0.1) is 11.3 Å². The molecule has 3 nitrogen and oxygen atoms in total. The highest BCUT2D eigenvalue weighted by atomic mass is 19.1. The van der Waals surface area contributed by atoms with Gasteiger partial charge in [-0.15, -0.1) is 0 Å². The second kappa shape index (κ2) is 6.35. The topological polar surface area (TPSA) is 46.3 Å². The standard InChI is InChI=1S/C16H16F2N2O/c1-20(8-7-11-5-3-2-4-6-11)16(21)12-9-15(19)14(18)10-13(12)17/h2-6,9-10H,7-8,19H2,1H3. The number of likely N-dealkylation sites (N-methyl/N-ethyl adjacent to an activating group) is 1. The minimum Gasteiger partial charge on any atom is -0.396 e. The van der Waals surface area contributed by atoms with Gasteiger partial charge in [-0.25, -0.2) is 8.78 Å². The summed E-state index contributed by atoms with van der Waals surface area (Å²) in [6, 6.07) is 11.3. The number of carbonyl (C=O) groups is 1. The Balaban J connectivity index is 2.07. The van der Waals surface area contributed by atoms with Crippen molar-refractivity contribution in [3.63, 3.8) is 0 Å². The van der Waals surface area contributed by atoms with Crippen LogP contribution in [0.15, 0.2) is 42.5 Å². The third kappa shape index (κ3) is 3.56. The van der Waals surface area contributed by atoms with E-state index in [-0.39, 0.29) is 11.3 Å². The Morgan fingerprint density at radius 2 is 1.81 bits per heavy atom. The molecule has 0 unspecified atom stereocenters. The molecular weight excluding hydrogens is 274 g/mol. The zero-order valence-corrected chi connectivity index (χ0v) is 11.6. The number of amides is 1. The van der Waals surface area contributed by atoms with Gasteiger partial charge in [-0.05, 0) is 18.1 Å². The average Bonchev–Trinajstić information content (AvgIpc) is 2.49. The first-order valence-corrected chi connectivity index (χ1v) is 6.53. The van der Waals surface area contributed by atoms with Crippen molar-refractivity contribution < 1.29 is 13.6 Å². The molecule has 2 rings (SSSR count). The maximum absolute atomic E-state index is 13.7. The first-order valence-electron chi connectivity index (χ1n) is 6.53. The van der Waals surface area contributed by atoms with Gasteiger partial charge in [-0.1, -0.05) is 30.3 Å². The van der Waals surface area contributed by atoms with Crippen molar-refractivity contribution >= 4 is 11.6 Å². The zero-order valence-electron chi connectivity index (χ0n) is 11.6. The Kier molecular flexibility index (Phi) is 4.52. The summed E-state index contributed by atoms with van der Waals surface area (Å²) in [6.07, 6.45) is 0.654. The monoisotopic (exact) mass is 290 g/mol. The van der Waals surface area contributed by atoms with E-state index in [9.17, 15) is 13.6 Å². The lowest BCUT2D eigenvalue weighted by atomic mass is 10.1. The third-order valence-electron chi connectivity index (χ3n) is 3.24. The van der Waals surface area contributed by atoms with Gasteiger partial charge in [-0.3, -0.25) is 4.79 Å². The van der Waals surface area contributed by atoms with Crippen molar-refractivity contribution in [3.05, 3.63) is 65.2 Å². The molecule has 0 heterocycles. The van der Waals surface area contributed by atoms with Crippen LogP contribution >= 0.6 is 0 Å². The molecular formula is C16H16F2N2O. The number of rotatable bonds is 4. The highest BCUT2D eigenvalue weighted by Crippen LogP contribution is 2.18. The molecule has 0 aliphatic rings. The minimum absolute atomic E-state index is 0.218. The van der Waals surface area contributed by atoms with E-state index in [0.29, 0.717) is 19.0 Å². The lowest BCUT2D eigenvalue weighted by Gasteiger charge is -2.18. The van der Waals surface area contributed by atoms with E-state index in [2.05, 4.69) is 0 Å². The van der Waals surface area contributed by atoms with Gasteiger partial charge in [0.1, 0.15) is 11.6 Å². The van der Waals surface area contributed by atoms with E-state index in [4.69, 9.17) is 5.73 Å². The molecule has 2 N–H and O–H groups in total. The van der Waals surface area contributed by atoms with Crippen LogP contribution in [0.5, 0.6) is 0 Å².